The molecule has 2 aromatic carbocycles. The first-order valence-electron chi connectivity index (χ1n) is 7.14. The summed E-state index contributed by atoms with van der Waals surface area (Å²) in [6.07, 6.45) is 3.43. The molecule has 1 atom stereocenters. The van der Waals surface area contributed by atoms with E-state index in [1.165, 1.54) is 12.5 Å². The van der Waals surface area contributed by atoms with Gasteiger partial charge in [0, 0.05) is 6.92 Å². The number of esters is 1. The van der Waals surface area contributed by atoms with E-state index >= 15 is 0 Å². The Hall–Kier alpha value is -2.55. The molecule has 0 aliphatic heterocycles. The summed E-state index contributed by atoms with van der Waals surface area (Å²) in [5.74, 6) is 0.511. The summed E-state index contributed by atoms with van der Waals surface area (Å²) in [6, 6.07) is 15.7. The van der Waals surface area contributed by atoms with E-state index in [1.807, 2.05) is 67.6 Å². The number of ether oxygens (including phenoxy) is 2. The number of benzene rings is 2. The van der Waals surface area contributed by atoms with Crippen LogP contribution >= 0.6 is 0 Å². The minimum atomic E-state index is -0.389. The molecule has 3 nitrogen and oxygen atoms in total. The van der Waals surface area contributed by atoms with Crippen molar-refractivity contribution in [2.45, 2.75) is 20.0 Å². The second-order valence-corrected chi connectivity index (χ2v) is 5.07. The molecule has 0 heterocycles. The Kier molecular flexibility index (Phi) is 5.37. The van der Waals surface area contributed by atoms with Crippen molar-refractivity contribution in [1.29, 1.82) is 0 Å². The van der Waals surface area contributed by atoms with Gasteiger partial charge in [0.2, 0.25) is 0 Å². The molecule has 0 amide bonds. The molecule has 0 saturated carbocycles. The van der Waals surface area contributed by atoms with Crippen LogP contribution in [0.15, 0.2) is 54.6 Å². The quantitative estimate of drug-likeness (QED) is 0.771. The fourth-order valence-electron chi connectivity index (χ4n) is 2.07. The van der Waals surface area contributed by atoms with Crippen LogP contribution in [-0.2, 0) is 9.53 Å². The normalized spacial score (nSPS) is 12.1. The number of hydrogen-bond acceptors (Lipinski definition) is 3. The highest BCUT2D eigenvalue weighted by molar-refractivity contribution is 5.67. The topological polar surface area (TPSA) is 35.5 Å². The second kappa shape index (κ2) is 7.46. The minimum Gasteiger partial charge on any atom is -0.497 e. The van der Waals surface area contributed by atoms with Gasteiger partial charge in [-0.25, -0.2) is 0 Å². The Morgan fingerprint density at radius 3 is 2.23 bits per heavy atom. The smallest absolute Gasteiger partial charge is 0.303 e. The molecule has 0 radical (unpaired) electrons. The zero-order valence-electron chi connectivity index (χ0n) is 13.1. The van der Waals surface area contributed by atoms with Gasteiger partial charge in [-0.05, 0) is 36.3 Å². The lowest BCUT2D eigenvalue weighted by molar-refractivity contribution is -0.144. The van der Waals surface area contributed by atoms with Gasteiger partial charge in [-0.2, -0.15) is 0 Å². The third-order valence-corrected chi connectivity index (χ3v) is 3.28. The van der Waals surface area contributed by atoms with E-state index < -0.39 is 0 Å². The lowest BCUT2D eigenvalue weighted by atomic mass is 10.1. The van der Waals surface area contributed by atoms with E-state index in [-0.39, 0.29) is 12.1 Å². The molecular weight excluding hydrogens is 276 g/mol. The van der Waals surface area contributed by atoms with Gasteiger partial charge in [0.1, 0.15) is 11.9 Å². The van der Waals surface area contributed by atoms with Crippen LogP contribution in [0.1, 0.15) is 29.7 Å². The Balaban J connectivity index is 2.19. The van der Waals surface area contributed by atoms with Crippen molar-refractivity contribution >= 4 is 12.0 Å². The van der Waals surface area contributed by atoms with E-state index in [9.17, 15) is 4.79 Å². The van der Waals surface area contributed by atoms with Crippen LogP contribution in [0.25, 0.3) is 6.08 Å². The van der Waals surface area contributed by atoms with Crippen LogP contribution in [0, 0.1) is 6.92 Å². The second-order valence-electron chi connectivity index (χ2n) is 5.07. The molecule has 2 aromatic rings. The standard InChI is InChI=1S/C19H20O3/c1-14-4-9-17(10-5-14)19(22-15(2)20)13-8-16-6-11-18(21-3)12-7-16/h4-13,19H,1-3H3/b13-8+. The molecule has 0 saturated heterocycles. The molecule has 0 aromatic heterocycles. The molecule has 3 heteroatoms. The average Bonchev–Trinajstić information content (AvgIpc) is 2.52. The molecule has 2 rings (SSSR count). The Morgan fingerprint density at radius 1 is 1.05 bits per heavy atom. The molecule has 0 aliphatic rings. The molecule has 0 fully saturated rings. The molecule has 0 spiro atoms. The fraction of sp³-hybridized carbons (Fsp3) is 0.211. The van der Waals surface area contributed by atoms with Crippen LogP contribution in [0.2, 0.25) is 0 Å². The van der Waals surface area contributed by atoms with E-state index in [4.69, 9.17) is 9.47 Å². The van der Waals surface area contributed by atoms with Crippen molar-refractivity contribution < 1.29 is 14.3 Å². The van der Waals surface area contributed by atoms with Crippen LogP contribution < -0.4 is 4.74 Å². The van der Waals surface area contributed by atoms with Gasteiger partial charge in [0.25, 0.3) is 0 Å². The molecule has 0 aliphatic carbocycles. The predicted octanol–water partition coefficient (Wildman–Crippen LogP) is 4.32. The Morgan fingerprint density at radius 2 is 1.68 bits per heavy atom. The summed E-state index contributed by atoms with van der Waals surface area (Å²) in [6.45, 7) is 3.44. The van der Waals surface area contributed by atoms with Crippen LogP contribution in [0.4, 0.5) is 0 Å². The Bertz CT molecular complexity index is 639. The largest absolute Gasteiger partial charge is 0.497 e. The number of carbonyl (C=O) groups excluding carboxylic acids is 1. The molecule has 0 N–H and O–H groups in total. The minimum absolute atomic E-state index is 0.301. The number of methoxy groups -OCH3 is 1. The van der Waals surface area contributed by atoms with Crippen molar-refractivity contribution in [3.63, 3.8) is 0 Å². The maximum atomic E-state index is 11.3. The highest BCUT2D eigenvalue weighted by Crippen LogP contribution is 2.22. The van der Waals surface area contributed by atoms with Gasteiger partial charge in [-0.3, -0.25) is 4.79 Å². The van der Waals surface area contributed by atoms with E-state index in [1.54, 1.807) is 7.11 Å². The van der Waals surface area contributed by atoms with Gasteiger partial charge in [-0.15, -0.1) is 0 Å². The molecule has 1 unspecified atom stereocenters. The van der Waals surface area contributed by atoms with Crippen molar-refractivity contribution in [2.24, 2.45) is 0 Å². The van der Waals surface area contributed by atoms with Gasteiger partial charge in [0.05, 0.1) is 7.11 Å². The predicted molar refractivity (Wildman–Crippen MR) is 87.7 cm³/mol. The lowest BCUT2D eigenvalue weighted by Crippen LogP contribution is -2.06. The SMILES string of the molecule is COc1ccc(/C=C/C(OC(C)=O)c2ccc(C)cc2)cc1. The van der Waals surface area contributed by atoms with Crippen LogP contribution in [0.5, 0.6) is 5.75 Å². The number of hydrogen-bond donors (Lipinski definition) is 0. The number of carbonyl (C=O) groups is 1. The van der Waals surface area contributed by atoms with Crippen molar-refractivity contribution in [1.82, 2.24) is 0 Å². The van der Waals surface area contributed by atoms with Crippen molar-refractivity contribution in [2.75, 3.05) is 7.11 Å². The molecular formula is C19H20O3. The van der Waals surface area contributed by atoms with Gasteiger partial charge < -0.3 is 9.47 Å². The summed E-state index contributed by atoms with van der Waals surface area (Å²) in [7, 11) is 1.64. The first kappa shape index (κ1) is 15.8. The lowest BCUT2D eigenvalue weighted by Gasteiger charge is -2.14. The first-order valence-corrected chi connectivity index (χ1v) is 7.14. The molecule has 114 valence electrons. The van der Waals surface area contributed by atoms with Gasteiger partial charge in [-0.1, -0.05) is 48.0 Å². The van der Waals surface area contributed by atoms with E-state index in [0.29, 0.717) is 0 Å². The maximum absolute atomic E-state index is 11.3. The monoisotopic (exact) mass is 296 g/mol. The van der Waals surface area contributed by atoms with Crippen molar-refractivity contribution in [3.05, 3.63) is 71.3 Å². The van der Waals surface area contributed by atoms with Crippen molar-refractivity contribution in [3.8, 4) is 5.75 Å². The molecule has 22 heavy (non-hydrogen) atoms. The first-order chi connectivity index (χ1) is 10.6. The third kappa shape index (κ3) is 4.48. The summed E-state index contributed by atoms with van der Waals surface area (Å²) in [5.41, 5.74) is 3.14. The zero-order valence-corrected chi connectivity index (χ0v) is 13.1. The third-order valence-electron chi connectivity index (χ3n) is 3.28. The zero-order chi connectivity index (χ0) is 15.9. The van der Waals surface area contributed by atoms with Crippen LogP contribution in [-0.4, -0.2) is 13.1 Å². The van der Waals surface area contributed by atoms with Crippen LogP contribution in [0.3, 0.4) is 0 Å². The number of rotatable bonds is 5. The number of aryl methyl sites for hydroxylation is 1. The summed E-state index contributed by atoms with van der Waals surface area (Å²) >= 11 is 0. The highest BCUT2D eigenvalue weighted by Gasteiger charge is 2.10. The maximum Gasteiger partial charge on any atom is 0.303 e. The summed E-state index contributed by atoms with van der Waals surface area (Å²) in [4.78, 5) is 11.3. The summed E-state index contributed by atoms with van der Waals surface area (Å²) in [5, 5.41) is 0. The highest BCUT2D eigenvalue weighted by atomic mass is 16.5. The summed E-state index contributed by atoms with van der Waals surface area (Å²) < 4.78 is 10.5. The fourth-order valence-corrected chi connectivity index (χ4v) is 2.07. The van der Waals surface area contributed by atoms with Gasteiger partial charge >= 0.3 is 5.97 Å². The van der Waals surface area contributed by atoms with Gasteiger partial charge in [0.15, 0.2) is 0 Å². The van der Waals surface area contributed by atoms with E-state index in [0.717, 1.165) is 16.9 Å². The van der Waals surface area contributed by atoms with E-state index in [2.05, 4.69) is 0 Å². The Labute approximate surface area is 131 Å². The molecule has 0 bridgehead atoms. The average molecular weight is 296 g/mol.